The Bertz CT molecular complexity index is 567. The van der Waals surface area contributed by atoms with E-state index in [9.17, 15) is 9.90 Å². The van der Waals surface area contributed by atoms with Crippen molar-refractivity contribution < 1.29 is 24.1 Å². The number of benzene rings is 1. The molecule has 0 radical (unpaired) electrons. The molecule has 0 bridgehead atoms. The minimum Gasteiger partial charge on any atom is -0.491 e. The van der Waals surface area contributed by atoms with Crippen molar-refractivity contribution in [3.8, 4) is 5.75 Å². The second-order valence-electron chi connectivity index (χ2n) is 8.07. The number of carbonyl (C=O) groups is 1. The van der Waals surface area contributed by atoms with Crippen LogP contribution >= 0.6 is 0 Å². The Morgan fingerprint density at radius 3 is 2.36 bits per heavy atom. The summed E-state index contributed by atoms with van der Waals surface area (Å²) in [5.41, 5.74) is -0.338. The molecule has 1 aliphatic rings. The topological polar surface area (TPSA) is 80.3 Å². The van der Waals surface area contributed by atoms with Crippen LogP contribution in [0.25, 0.3) is 0 Å². The highest BCUT2D eigenvalue weighted by molar-refractivity contribution is 5.68. The number of aliphatic hydroxyl groups is 1. The average Bonchev–Trinajstić information content (AvgIpc) is 3.27. The lowest BCUT2D eigenvalue weighted by atomic mass is 10.0. The molecule has 2 N–H and O–H groups in total. The second-order valence-corrected chi connectivity index (χ2v) is 8.07. The maximum atomic E-state index is 12.0. The summed E-state index contributed by atoms with van der Waals surface area (Å²) < 4.78 is 16.2. The Labute approximate surface area is 149 Å². The smallest absolute Gasteiger partial charge is 0.407 e. The highest BCUT2D eigenvalue weighted by atomic mass is 16.6. The third-order valence-corrected chi connectivity index (χ3v) is 3.48. The van der Waals surface area contributed by atoms with Gasteiger partial charge in [0.15, 0.2) is 0 Å². The quantitative estimate of drug-likeness (QED) is 0.738. The summed E-state index contributed by atoms with van der Waals surface area (Å²) in [4.78, 5) is 12.0. The molecule has 6 heteroatoms. The Hall–Kier alpha value is -1.79. The molecule has 2 rings (SSSR count). The molecule has 1 aromatic carbocycles. The maximum Gasteiger partial charge on any atom is 0.407 e. The van der Waals surface area contributed by atoms with Gasteiger partial charge in [-0.15, -0.1) is 0 Å². The fraction of sp³-hybridized carbons (Fsp3) is 0.632. The molecule has 6 nitrogen and oxygen atoms in total. The Morgan fingerprint density at radius 1 is 1.28 bits per heavy atom. The molecule has 0 saturated carbocycles. The number of carbonyl (C=O) groups excluding carboxylic acids is 1. The van der Waals surface area contributed by atoms with Gasteiger partial charge in [-0.3, -0.25) is 0 Å². The normalized spacial score (nSPS) is 18.4. The standard InChI is InChI=1S/C19H29NO5/c1-18(2,3)25-17(21)20-15(16-11-23-16)10-13-6-8-14(9-7-13)24-12-19(4,5)22/h6-9,15-16,22H,10-12H2,1-5H3,(H,20,21)/t15-,16+/m0/s1. The first-order valence-electron chi connectivity index (χ1n) is 8.57. The number of hydrogen-bond donors (Lipinski definition) is 2. The monoisotopic (exact) mass is 351 g/mol. The molecule has 0 aliphatic carbocycles. The number of epoxide rings is 1. The highest BCUT2D eigenvalue weighted by Crippen LogP contribution is 2.21. The molecule has 1 saturated heterocycles. The van der Waals surface area contributed by atoms with E-state index >= 15 is 0 Å². The fourth-order valence-electron chi connectivity index (χ4n) is 2.26. The summed E-state index contributed by atoms with van der Waals surface area (Å²) in [5.74, 6) is 0.699. The number of amides is 1. The average molecular weight is 351 g/mol. The van der Waals surface area contributed by atoms with E-state index in [0.717, 1.165) is 5.56 Å². The van der Waals surface area contributed by atoms with Gasteiger partial charge in [-0.1, -0.05) is 12.1 Å². The number of nitrogens with one attached hydrogen (secondary N) is 1. The van der Waals surface area contributed by atoms with Gasteiger partial charge in [0.25, 0.3) is 0 Å². The first-order chi connectivity index (χ1) is 11.5. The molecule has 25 heavy (non-hydrogen) atoms. The van der Waals surface area contributed by atoms with Crippen LogP contribution in [-0.4, -0.2) is 47.8 Å². The fourth-order valence-corrected chi connectivity index (χ4v) is 2.26. The lowest BCUT2D eigenvalue weighted by molar-refractivity contribution is 0.0285. The van der Waals surface area contributed by atoms with Crippen molar-refractivity contribution in [2.24, 2.45) is 0 Å². The van der Waals surface area contributed by atoms with Crippen LogP contribution in [0.15, 0.2) is 24.3 Å². The van der Waals surface area contributed by atoms with E-state index in [4.69, 9.17) is 14.2 Å². The molecule has 0 unspecified atom stereocenters. The van der Waals surface area contributed by atoms with Gasteiger partial charge < -0.3 is 24.6 Å². The molecule has 1 aromatic rings. The molecular weight excluding hydrogens is 322 g/mol. The van der Waals surface area contributed by atoms with Crippen molar-refractivity contribution in [1.82, 2.24) is 5.32 Å². The summed E-state index contributed by atoms with van der Waals surface area (Å²) >= 11 is 0. The second kappa shape index (κ2) is 7.62. The number of alkyl carbamates (subject to hydrolysis) is 1. The van der Waals surface area contributed by atoms with Crippen LogP contribution in [0.5, 0.6) is 5.75 Å². The number of rotatable bonds is 7. The van der Waals surface area contributed by atoms with E-state index in [1.54, 1.807) is 13.8 Å². The number of hydrogen-bond acceptors (Lipinski definition) is 5. The van der Waals surface area contributed by atoms with E-state index in [1.165, 1.54) is 0 Å². The van der Waals surface area contributed by atoms with E-state index in [-0.39, 0.29) is 18.8 Å². The van der Waals surface area contributed by atoms with Gasteiger partial charge in [0, 0.05) is 0 Å². The Balaban J connectivity index is 1.90. The lowest BCUT2D eigenvalue weighted by Gasteiger charge is -2.23. The first kappa shape index (κ1) is 19.5. The summed E-state index contributed by atoms with van der Waals surface area (Å²) in [6.07, 6.45) is 0.243. The van der Waals surface area contributed by atoms with Gasteiger partial charge in [-0.05, 0) is 58.7 Å². The van der Waals surface area contributed by atoms with E-state index in [2.05, 4.69) is 5.32 Å². The van der Waals surface area contributed by atoms with Crippen molar-refractivity contribution in [2.45, 2.75) is 64.4 Å². The van der Waals surface area contributed by atoms with Gasteiger partial charge in [0.2, 0.25) is 0 Å². The SMILES string of the molecule is CC(C)(O)COc1ccc(C[C@H](NC(=O)OC(C)(C)C)[C@H]2CO2)cc1. The molecule has 1 fully saturated rings. The summed E-state index contributed by atoms with van der Waals surface area (Å²) in [5, 5.41) is 12.6. The zero-order chi connectivity index (χ0) is 18.7. The molecule has 0 aromatic heterocycles. The largest absolute Gasteiger partial charge is 0.491 e. The van der Waals surface area contributed by atoms with Crippen LogP contribution in [0.4, 0.5) is 4.79 Å². The van der Waals surface area contributed by atoms with Crippen LogP contribution in [0.2, 0.25) is 0 Å². The van der Waals surface area contributed by atoms with Crippen LogP contribution in [0, 0.1) is 0 Å². The minimum atomic E-state index is -0.871. The van der Waals surface area contributed by atoms with Gasteiger partial charge in [0.1, 0.15) is 24.1 Å². The summed E-state index contributed by atoms with van der Waals surface area (Å²) in [6.45, 7) is 9.77. The van der Waals surface area contributed by atoms with Crippen LogP contribution in [-0.2, 0) is 15.9 Å². The van der Waals surface area contributed by atoms with Gasteiger partial charge in [0.05, 0.1) is 18.2 Å². The first-order valence-corrected chi connectivity index (χ1v) is 8.57. The lowest BCUT2D eigenvalue weighted by Crippen LogP contribution is -2.43. The Morgan fingerprint density at radius 2 is 1.88 bits per heavy atom. The third kappa shape index (κ3) is 7.75. The zero-order valence-corrected chi connectivity index (χ0v) is 15.7. The Kier molecular flexibility index (Phi) is 5.95. The summed E-state index contributed by atoms with van der Waals surface area (Å²) in [6, 6.07) is 7.49. The molecule has 1 heterocycles. The van der Waals surface area contributed by atoms with E-state index in [1.807, 2.05) is 45.0 Å². The van der Waals surface area contributed by atoms with Gasteiger partial charge >= 0.3 is 6.09 Å². The maximum absolute atomic E-state index is 12.0. The molecule has 1 aliphatic heterocycles. The zero-order valence-electron chi connectivity index (χ0n) is 15.7. The molecule has 1 amide bonds. The summed E-state index contributed by atoms with van der Waals surface area (Å²) in [7, 11) is 0. The van der Waals surface area contributed by atoms with Crippen LogP contribution in [0.3, 0.4) is 0 Å². The minimum absolute atomic E-state index is 0.0265. The van der Waals surface area contributed by atoms with Crippen molar-refractivity contribution in [3.05, 3.63) is 29.8 Å². The van der Waals surface area contributed by atoms with Crippen molar-refractivity contribution in [3.63, 3.8) is 0 Å². The van der Waals surface area contributed by atoms with Crippen LogP contribution < -0.4 is 10.1 Å². The molecule has 2 atom stereocenters. The van der Waals surface area contributed by atoms with Crippen LogP contribution in [0.1, 0.15) is 40.2 Å². The molecular formula is C19H29NO5. The highest BCUT2D eigenvalue weighted by Gasteiger charge is 2.34. The van der Waals surface area contributed by atoms with E-state index < -0.39 is 17.3 Å². The van der Waals surface area contributed by atoms with Gasteiger partial charge in [-0.2, -0.15) is 0 Å². The van der Waals surface area contributed by atoms with E-state index in [0.29, 0.717) is 18.8 Å². The predicted octanol–water partition coefficient (Wildman–Crippen LogP) is 2.67. The van der Waals surface area contributed by atoms with Crippen molar-refractivity contribution in [1.29, 1.82) is 0 Å². The predicted molar refractivity (Wildman–Crippen MR) is 94.8 cm³/mol. The molecule has 140 valence electrons. The van der Waals surface area contributed by atoms with Gasteiger partial charge in [-0.25, -0.2) is 4.79 Å². The van der Waals surface area contributed by atoms with Crippen molar-refractivity contribution >= 4 is 6.09 Å². The number of ether oxygens (including phenoxy) is 3. The van der Waals surface area contributed by atoms with Crippen molar-refractivity contribution in [2.75, 3.05) is 13.2 Å². The molecule has 0 spiro atoms. The third-order valence-electron chi connectivity index (χ3n) is 3.48.